The minimum absolute atomic E-state index is 0.186. The number of esters is 1. The van der Waals surface area contributed by atoms with Crippen LogP contribution in [0.1, 0.15) is 37.0 Å². The summed E-state index contributed by atoms with van der Waals surface area (Å²) in [7, 11) is 0. The van der Waals surface area contributed by atoms with Gasteiger partial charge >= 0.3 is 5.97 Å². The van der Waals surface area contributed by atoms with Gasteiger partial charge in [0, 0.05) is 15.6 Å². The average Bonchev–Trinajstić information content (AvgIpc) is 2.86. The van der Waals surface area contributed by atoms with Crippen LogP contribution in [0.4, 0.5) is 0 Å². The fourth-order valence-corrected chi connectivity index (χ4v) is 3.07. The van der Waals surface area contributed by atoms with Crippen LogP contribution in [0.3, 0.4) is 0 Å². The highest BCUT2D eigenvalue weighted by Crippen LogP contribution is 2.43. The smallest absolute Gasteiger partial charge is 0.335 e. The summed E-state index contributed by atoms with van der Waals surface area (Å²) in [6.45, 7) is 2.08. The highest BCUT2D eigenvalue weighted by Gasteiger charge is 2.35. The highest BCUT2D eigenvalue weighted by atomic mass is 79.9. The van der Waals surface area contributed by atoms with Crippen LogP contribution in [0, 0.1) is 0 Å². The first-order chi connectivity index (χ1) is 10.7. The molecule has 0 aliphatic carbocycles. The number of carbonyl (C=O) groups is 1. The monoisotopic (exact) mass is 356 g/mol. The van der Waals surface area contributed by atoms with E-state index in [2.05, 4.69) is 22.9 Å². The van der Waals surface area contributed by atoms with Gasteiger partial charge in [0.1, 0.15) is 0 Å². The van der Waals surface area contributed by atoms with E-state index in [1.54, 1.807) is 0 Å². The standard InChI is InChI=1S/C19H17BrO2/c1-2-6-16-17(13-7-4-3-5-8-13)18(22-19(16)21)14-9-11-15(20)12-10-14/h3-5,7-12,18H,2,6H2,1H3/t18-/m0/s1. The first-order valence-electron chi connectivity index (χ1n) is 7.45. The summed E-state index contributed by atoms with van der Waals surface area (Å²) in [5.74, 6) is -0.186. The van der Waals surface area contributed by atoms with E-state index in [1.807, 2.05) is 54.6 Å². The van der Waals surface area contributed by atoms with Crippen molar-refractivity contribution < 1.29 is 9.53 Å². The van der Waals surface area contributed by atoms with Crippen LogP contribution < -0.4 is 0 Å². The van der Waals surface area contributed by atoms with Crippen LogP contribution in [0.25, 0.3) is 5.57 Å². The Balaban J connectivity index is 2.10. The van der Waals surface area contributed by atoms with Gasteiger partial charge in [-0.15, -0.1) is 0 Å². The van der Waals surface area contributed by atoms with Gasteiger partial charge in [-0.3, -0.25) is 0 Å². The molecule has 2 aromatic carbocycles. The molecule has 3 rings (SSSR count). The molecule has 0 amide bonds. The van der Waals surface area contributed by atoms with E-state index in [0.717, 1.165) is 39.6 Å². The lowest BCUT2D eigenvalue weighted by Crippen LogP contribution is -2.03. The second kappa shape index (κ2) is 6.49. The number of halogens is 1. The molecule has 22 heavy (non-hydrogen) atoms. The van der Waals surface area contributed by atoms with Crippen LogP contribution in [0.5, 0.6) is 0 Å². The van der Waals surface area contributed by atoms with Gasteiger partial charge in [0.15, 0.2) is 6.10 Å². The molecule has 2 aromatic rings. The maximum absolute atomic E-state index is 12.3. The molecule has 0 spiro atoms. The molecule has 1 aliphatic rings. The quantitative estimate of drug-likeness (QED) is 0.694. The predicted octanol–water partition coefficient (Wildman–Crippen LogP) is 5.30. The largest absolute Gasteiger partial charge is 0.449 e. The van der Waals surface area contributed by atoms with Gasteiger partial charge in [-0.25, -0.2) is 4.79 Å². The second-order valence-corrected chi connectivity index (χ2v) is 6.26. The zero-order valence-electron chi connectivity index (χ0n) is 12.4. The number of cyclic esters (lactones) is 1. The minimum atomic E-state index is -0.315. The molecule has 2 nitrogen and oxygen atoms in total. The summed E-state index contributed by atoms with van der Waals surface area (Å²) >= 11 is 3.44. The Morgan fingerprint density at radius 2 is 1.73 bits per heavy atom. The van der Waals surface area contributed by atoms with E-state index in [4.69, 9.17) is 4.74 Å². The number of hydrogen-bond donors (Lipinski definition) is 0. The normalized spacial score (nSPS) is 17.7. The Morgan fingerprint density at radius 3 is 2.36 bits per heavy atom. The number of rotatable bonds is 4. The topological polar surface area (TPSA) is 26.3 Å². The molecule has 0 bridgehead atoms. The van der Waals surface area contributed by atoms with Crippen LogP contribution >= 0.6 is 15.9 Å². The van der Waals surface area contributed by atoms with Crippen molar-refractivity contribution in [2.24, 2.45) is 0 Å². The molecule has 3 heteroatoms. The minimum Gasteiger partial charge on any atom is -0.449 e. The van der Waals surface area contributed by atoms with E-state index in [9.17, 15) is 4.79 Å². The van der Waals surface area contributed by atoms with Crippen molar-refractivity contribution in [3.63, 3.8) is 0 Å². The van der Waals surface area contributed by atoms with Gasteiger partial charge in [-0.1, -0.05) is 71.7 Å². The van der Waals surface area contributed by atoms with Gasteiger partial charge in [0.05, 0.1) is 0 Å². The highest BCUT2D eigenvalue weighted by molar-refractivity contribution is 9.10. The maximum Gasteiger partial charge on any atom is 0.335 e. The molecule has 1 heterocycles. The Kier molecular flexibility index (Phi) is 4.44. The van der Waals surface area contributed by atoms with Crippen molar-refractivity contribution in [1.29, 1.82) is 0 Å². The molecule has 1 aliphatic heterocycles. The predicted molar refractivity (Wildman–Crippen MR) is 91.2 cm³/mol. The Hall–Kier alpha value is -1.87. The van der Waals surface area contributed by atoms with E-state index < -0.39 is 0 Å². The molecule has 1 atom stereocenters. The van der Waals surface area contributed by atoms with Gasteiger partial charge < -0.3 is 4.74 Å². The molecular formula is C19H17BrO2. The van der Waals surface area contributed by atoms with E-state index in [0.29, 0.717) is 0 Å². The average molecular weight is 357 g/mol. The zero-order valence-corrected chi connectivity index (χ0v) is 14.0. The lowest BCUT2D eigenvalue weighted by molar-refractivity contribution is -0.139. The molecule has 0 unspecified atom stereocenters. The fraction of sp³-hybridized carbons (Fsp3) is 0.211. The molecule has 0 radical (unpaired) electrons. The third-order valence-corrected chi connectivity index (χ3v) is 4.34. The summed E-state index contributed by atoms with van der Waals surface area (Å²) < 4.78 is 6.70. The van der Waals surface area contributed by atoms with Gasteiger partial charge in [-0.05, 0) is 29.7 Å². The molecule has 0 aromatic heterocycles. The maximum atomic E-state index is 12.3. The van der Waals surface area contributed by atoms with E-state index in [1.165, 1.54) is 0 Å². The Bertz CT molecular complexity index is 702. The van der Waals surface area contributed by atoms with Gasteiger partial charge in [-0.2, -0.15) is 0 Å². The SMILES string of the molecule is CCCC1=C(c2ccccc2)[C@H](c2ccc(Br)cc2)OC1=O. The van der Waals surface area contributed by atoms with Crippen LogP contribution in [0.15, 0.2) is 64.6 Å². The van der Waals surface area contributed by atoms with Crippen molar-refractivity contribution in [2.75, 3.05) is 0 Å². The first-order valence-corrected chi connectivity index (χ1v) is 8.25. The van der Waals surface area contributed by atoms with Gasteiger partial charge in [0.2, 0.25) is 0 Å². The van der Waals surface area contributed by atoms with E-state index in [-0.39, 0.29) is 12.1 Å². The fourth-order valence-electron chi connectivity index (χ4n) is 2.81. The van der Waals surface area contributed by atoms with E-state index >= 15 is 0 Å². The first kappa shape index (κ1) is 15.0. The Labute approximate surface area is 138 Å². The van der Waals surface area contributed by atoms with Crippen LogP contribution in [-0.4, -0.2) is 5.97 Å². The third-order valence-electron chi connectivity index (χ3n) is 3.82. The number of ether oxygens (including phenoxy) is 1. The lowest BCUT2D eigenvalue weighted by atomic mass is 9.91. The summed E-state index contributed by atoms with van der Waals surface area (Å²) in [6, 6.07) is 18.0. The van der Waals surface area contributed by atoms with Crippen molar-refractivity contribution in [1.82, 2.24) is 0 Å². The number of carbonyl (C=O) groups excluding carboxylic acids is 1. The van der Waals surface area contributed by atoms with Crippen molar-refractivity contribution >= 4 is 27.5 Å². The zero-order chi connectivity index (χ0) is 15.5. The molecular weight excluding hydrogens is 340 g/mol. The summed E-state index contributed by atoms with van der Waals surface area (Å²) in [6.07, 6.45) is 1.36. The molecule has 0 fully saturated rings. The molecule has 0 N–H and O–H groups in total. The second-order valence-electron chi connectivity index (χ2n) is 5.35. The Morgan fingerprint density at radius 1 is 1.05 bits per heavy atom. The molecule has 112 valence electrons. The lowest BCUT2D eigenvalue weighted by Gasteiger charge is -2.15. The summed E-state index contributed by atoms with van der Waals surface area (Å²) in [4.78, 5) is 12.3. The molecule has 0 saturated carbocycles. The number of benzene rings is 2. The number of hydrogen-bond acceptors (Lipinski definition) is 2. The van der Waals surface area contributed by atoms with Crippen molar-refractivity contribution in [3.8, 4) is 0 Å². The van der Waals surface area contributed by atoms with Crippen LogP contribution in [0.2, 0.25) is 0 Å². The van der Waals surface area contributed by atoms with Crippen LogP contribution in [-0.2, 0) is 9.53 Å². The summed E-state index contributed by atoms with van der Waals surface area (Å²) in [5.41, 5.74) is 3.88. The van der Waals surface area contributed by atoms with Gasteiger partial charge in [0.25, 0.3) is 0 Å². The third kappa shape index (κ3) is 2.86. The summed E-state index contributed by atoms with van der Waals surface area (Å²) in [5, 5.41) is 0. The van der Waals surface area contributed by atoms with Crippen molar-refractivity contribution in [3.05, 3.63) is 75.8 Å². The van der Waals surface area contributed by atoms with Crippen molar-refractivity contribution in [2.45, 2.75) is 25.9 Å². The molecule has 0 saturated heterocycles.